The SMILES string of the molecule is CCCCCCCCNC(=O)[C@H](CC(=O)NCCOCCO[C@@H]1O[C@@H](C)[C@H](O)[C@@H](O)[C@H]1O)NC(=O)CN(CC(=O)OCC)CC(=O)OCC. The van der Waals surface area contributed by atoms with Gasteiger partial charge in [0, 0.05) is 13.1 Å². The molecule has 1 rings (SSSR count). The molecular formula is C32H58N4O13. The molecule has 0 aromatic rings. The van der Waals surface area contributed by atoms with Crippen LogP contribution in [0, 0.1) is 0 Å². The smallest absolute Gasteiger partial charge is 0.320 e. The lowest BCUT2D eigenvalue weighted by Crippen LogP contribution is -2.57. The van der Waals surface area contributed by atoms with Crippen LogP contribution >= 0.6 is 0 Å². The zero-order valence-electron chi connectivity index (χ0n) is 29.4. The van der Waals surface area contributed by atoms with Crippen molar-refractivity contribution in [3.63, 3.8) is 0 Å². The highest BCUT2D eigenvalue weighted by molar-refractivity contribution is 5.92. The number of unbranched alkanes of at least 4 members (excludes halogenated alkanes) is 5. The molecule has 0 saturated carbocycles. The summed E-state index contributed by atoms with van der Waals surface area (Å²) in [5.74, 6) is -3.06. The summed E-state index contributed by atoms with van der Waals surface area (Å²) in [5.41, 5.74) is 0. The van der Waals surface area contributed by atoms with Crippen LogP contribution in [-0.2, 0) is 47.7 Å². The number of carbonyl (C=O) groups is 5. The first-order valence-electron chi connectivity index (χ1n) is 17.2. The number of amides is 3. The van der Waals surface area contributed by atoms with Crippen LogP contribution in [-0.4, -0.2) is 152 Å². The third-order valence-electron chi connectivity index (χ3n) is 7.44. The summed E-state index contributed by atoms with van der Waals surface area (Å²) in [6.45, 7) is 6.59. The van der Waals surface area contributed by atoms with Crippen molar-refractivity contribution >= 4 is 29.7 Å². The molecule has 1 aliphatic rings. The molecule has 6 atom stereocenters. The molecule has 3 amide bonds. The number of carbonyl (C=O) groups excluding carboxylic acids is 5. The van der Waals surface area contributed by atoms with Gasteiger partial charge in [-0.2, -0.15) is 0 Å². The fraction of sp³-hybridized carbons (Fsp3) is 0.844. The number of nitrogens with one attached hydrogen (secondary N) is 3. The zero-order valence-corrected chi connectivity index (χ0v) is 29.4. The number of nitrogens with zero attached hydrogens (tertiary/aromatic N) is 1. The van der Waals surface area contributed by atoms with Gasteiger partial charge in [-0.3, -0.25) is 28.9 Å². The lowest BCUT2D eigenvalue weighted by Gasteiger charge is -2.38. The quantitative estimate of drug-likeness (QED) is 0.0456. The van der Waals surface area contributed by atoms with E-state index in [0.717, 1.165) is 38.5 Å². The second kappa shape index (κ2) is 26.0. The van der Waals surface area contributed by atoms with Crippen molar-refractivity contribution < 1.29 is 63.0 Å². The standard InChI is InChI=1S/C32H58N4O13/c1-5-8-9-10-11-12-13-34-31(44)23(35-25(38)19-36(20-26(39)46-6-2)21-27(40)47-7-3)18-24(37)33-14-15-45-16-17-48-32-30(43)29(42)28(41)22(4)49-32/h22-23,28-30,32,41-43H,5-21H2,1-4H3,(H,33,37)(H,34,44)(H,35,38)/t22-,23-,28-,29+,30+,32+/m0/s1. The van der Waals surface area contributed by atoms with Gasteiger partial charge in [-0.25, -0.2) is 0 Å². The molecule has 284 valence electrons. The Morgan fingerprint density at radius 1 is 0.735 bits per heavy atom. The molecule has 0 aromatic carbocycles. The molecule has 1 saturated heterocycles. The second-order valence-electron chi connectivity index (χ2n) is 11.7. The van der Waals surface area contributed by atoms with Gasteiger partial charge in [0.25, 0.3) is 0 Å². The van der Waals surface area contributed by atoms with Crippen LogP contribution < -0.4 is 16.0 Å². The monoisotopic (exact) mass is 706 g/mol. The van der Waals surface area contributed by atoms with Gasteiger partial charge in [-0.15, -0.1) is 0 Å². The summed E-state index contributed by atoms with van der Waals surface area (Å²) >= 11 is 0. The van der Waals surface area contributed by atoms with Crippen LogP contribution in [0.5, 0.6) is 0 Å². The Labute approximate surface area is 288 Å². The average Bonchev–Trinajstić information content (AvgIpc) is 3.04. The molecule has 0 spiro atoms. The molecular weight excluding hydrogens is 648 g/mol. The molecule has 1 heterocycles. The van der Waals surface area contributed by atoms with Gasteiger partial charge in [-0.1, -0.05) is 39.0 Å². The molecule has 0 aromatic heterocycles. The number of aliphatic hydroxyl groups excluding tert-OH is 3. The molecule has 1 aliphatic heterocycles. The summed E-state index contributed by atoms with van der Waals surface area (Å²) in [4.78, 5) is 64.2. The normalized spacial score (nSPS) is 21.1. The van der Waals surface area contributed by atoms with Crippen molar-refractivity contribution in [3.05, 3.63) is 0 Å². The minimum Gasteiger partial charge on any atom is -0.465 e. The zero-order chi connectivity index (χ0) is 36.6. The number of hydrogen-bond acceptors (Lipinski definition) is 14. The van der Waals surface area contributed by atoms with Crippen molar-refractivity contribution in [2.45, 2.75) is 109 Å². The Bertz CT molecular complexity index is 969. The van der Waals surface area contributed by atoms with E-state index in [1.54, 1.807) is 13.8 Å². The number of hydrogen-bond donors (Lipinski definition) is 6. The minimum atomic E-state index is -1.43. The molecule has 1 fully saturated rings. The van der Waals surface area contributed by atoms with E-state index in [9.17, 15) is 39.3 Å². The predicted octanol–water partition coefficient (Wildman–Crippen LogP) is -1.26. The van der Waals surface area contributed by atoms with Gasteiger partial charge in [-0.05, 0) is 27.2 Å². The number of ether oxygens (including phenoxy) is 5. The number of rotatable bonds is 26. The van der Waals surface area contributed by atoms with E-state index in [2.05, 4.69) is 22.9 Å². The fourth-order valence-electron chi connectivity index (χ4n) is 4.84. The van der Waals surface area contributed by atoms with E-state index in [-0.39, 0.29) is 59.1 Å². The van der Waals surface area contributed by atoms with Crippen molar-refractivity contribution in [3.8, 4) is 0 Å². The number of esters is 2. The fourth-order valence-corrected chi connectivity index (χ4v) is 4.84. The van der Waals surface area contributed by atoms with Crippen molar-refractivity contribution in [1.82, 2.24) is 20.9 Å². The maximum Gasteiger partial charge on any atom is 0.320 e. The minimum absolute atomic E-state index is 0.00143. The van der Waals surface area contributed by atoms with Crippen LogP contribution in [0.3, 0.4) is 0 Å². The third-order valence-corrected chi connectivity index (χ3v) is 7.44. The summed E-state index contributed by atoms with van der Waals surface area (Å²) in [6.07, 6.45) is -0.250. The van der Waals surface area contributed by atoms with Gasteiger partial charge >= 0.3 is 11.9 Å². The average molecular weight is 707 g/mol. The van der Waals surface area contributed by atoms with Crippen molar-refractivity contribution in [2.75, 3.05) is 65.8 Å². The maximum absolute atomic E-state index is 13.1. The lowest BCUT2D eigenvalue weighted by atomic mass is 10.0. The van der Waals surface area contributed by atoms with Crippen molar-refractivity contribution in [2.24, 2.45) is 0 Å². The van der Waals surface area contributed by atoms with Crippen molar-refractivity contribution in [1.29, 1.82) is 0 Å². The highest BCUT2D eigenvalue weighted by Gasteiger charge is 2.42. The molecule has 0 radical (unpaired) electrons. The first-order valence-corrected chi connectivity index (χ1v) is 17.2. The molecule has 0 aliphatic carbocycles. The molecule has 49 heavy (non-hydrogen) atoms. The van der Waals surface area contributed by atoms with Gasteiger partial charge < -0.3 is 55.0 Å². The van der Waals surface area contributed by atoms with Crippen LogP contribution in [0.2, 0.25) is 0 Å². The first-order chi connectivity index (χ1) is 23.4. The summed E-state index contributed by atoms with van der Waals surface area (Å²) < 4.78 is 26.0. The predicted molar refractivity (Wildman–Crippen MR) is 175 cm³/mol. The Kier molecular flexibility index (Phi) is 23.4. The molecule has 17 heteroatoms. The molecule has 6 N–H and O–H groups in total. The summed E-state index contributed by atoms with van der Waals surface area (Å²) in [5, 5.41) is 37.6. The van der Waals surface area contributed by atoms with Crippen LogP contribution in [0.25, 0.3) is 0 Å². The van der Waals surface area contributed by atoms with E-state index in [1.165, 1.54) is 11.8 Å². The maximum atomic E-state index is 13.1. The van der Waals surface area contributed by atoms with E-state index in [1.807, 2.05) is 0 Å². The van der Waals surface area contributed by atoms with Gasteiger partial charge in [0.2, 0.25) is 17.7 Å². The van der Waals surface area contributed by atoms with Gasteiger partial charge in [0.05, 0.1) is 65.2 Å². The van der Waals surface area contributed by atoms with E-state index in [0.29, 0.717) is 6.54 Å². The van der Waals surface area contributed by atoms with E-state index in [4.69, 9.17) is 23.7 Å². The number of aliphatic hydroxyl groups is 3. The summed E-state index contributed by atoms with van der Waals surface area (Å²) in [7, 11) is 0. The largest absolute Gasteiger partial charge is 0.465 e. The topological polar surface area (TPSA) is 232 Å². The Morgan fingerprint density at radius 3 is 2.00 bits per heavy atom. The second-order valence-corrected chi connectivity index (χ2v) is 11.7. The molecule has 0 bridgehead atoms. The Hall–Kier alpha value is -2.93. The Balaban J connectivity index is 2.65. The Morgan fingerprint density at radius 2 is 1.37 bits per heavy atom. The van der Waals surface area contributed by atoms with Crippen LogP contribution in [0.15, 0.2) is 0 Å². The van der Waals surface area contributed by atoms with Gasteiger partial charge in [0.1, 0.15) is 24.4 Å². The van der Waals surface area contributed by atoms with E-state index < -0.39 is 73.0 Å². The highest BCUT2D eigenvalue weighted by Crippen LogP contribution is 2.21. The van der Waals surface area contributed by atoms with Gasteiger partial charge in [0.15, 0.2) is 6.29 Å². The lowest BCUT2D eigenvalue weighted by molar-refractivity contribution is -0.294. The van der Waals surface area contributed by atoms with Crippen LogP contribution in [0.1, 0.15) is 72.6 Å². The summed E-state index contributed by atoms with van der Waals surface area (Å²) in [6, 6.07) is -1.23. The molecule has 17 nitrogen and oxygen atoms in total. The third kappa shape index (κ3) is 19.2. The first kappa shape index (κ1) is 44.1. The van der Waals surface area contributed by atoms with Crippen LogP contribution in [0.4, 0.5) is 0 Å². The highest BCUT2D eigenvalue weighted by atomic mass is 16.7. The van der Waals surface area contributed by atoms with E-state index >= 15 is 0 Å². The molecule has 0 unspecified atom stereocenters.